The molecule has 0 aromatic heterocycles. The summed E-state index contributed by atoms with van der Waals surface area (Å²) in [7, 11) is 0. The molecular formula is C26H30N2O4S. The number of esters is 1. The Labute approximate surface area is 199 Å². The molecule has 0 bridgehead atoms. The fourth-order valence-corrected chi connectivity index (χ4v) is 5.35. The van der Waals surface area contributed by atoms with Crippen LogP contribution >= 0.6 is 11.8 Å². The molecule has 1 amide bonds. The van der Waals surface area contributed by atoms with Crippen LogP contribution in [0.15, 0.2) is 71.9 Å². The molecule has 0 saturated carbocycles. The summed E-state index contributed by atoms with van der Waals surface area (Å²) in [4.78, 5) is 27.7. The third-order valence-corrected chi connectivity index (χ3v) is 7.24. The average Bonchev–Trinajstić information content (AvgIpc) is 2.87. The molecule has 0 unspecified atom stereocenters. The maximum Gasteiger partial charge on any atom is 0.356 e. The highest BCUT2D eigenvalue weighted by atomic mass is 32.2. The van der Waals surface area contributed by atoms with Gasteiger partial charge in [0.1, 0.15) is 17.1 Å². The van der Waals surface area contributed by atoms with E-state index in [2.05, 4.69) is 6.92 Å². The van der Waals surface area contributed by atoms with Crippen LogP contribution in [-0.2, 0) is 19.1 Å². The van der Waals surface area contributed by atoms with Gasteiger partial charge in [-0.1, -0.05) is 80.4 Å². The van der Waals surface area contributed by atoms with Crippen LogP contribution in [-0.4, -0.2) is 47.2 Å². The van der Waals surface area contributed by atoms with E-state index in [9.17, 15) is 9.59 Å². The van der Waals surface area contributed by atoms with E-state index in [0.717, 1.165) is 36.0 Å². The molecule has 7 heteroatoms. The topological polar surface area (TPSA) is 81.9 Å². The lowest BCUT2D eigenvalue weighted by atomic mass is 10.0. The first kappa shape index (κ1) is 23.5. The van der Waals surface area contributed by atoms with Gasteiger partial charge >= 0.3 is 5.97 Å². The van der Waals surface area contributed by atoms with Crippen molar-refractivity contribution >= 4 is 23.6 Å². The number of benzene rings is 2. The van der Waals surface area contributed by atoms with E-state index >= 15 is 0 Å². The summed E-state index contributed by atoms with van der Waals surface area (Å²) in [5.74, 6) is -0.189. The van der Waals surface area contributed by atoms with E-state index < -0.39 is 18.1 Å². The molecule has 1 saturated heterocycles. The molecule has 2 heterocycles. The first-order valence-electron chi connectivity index (χ1n) is 11.4. The number of carbonyl (C=O) groups excluding carboxylic acids is 2. The van der Waals surface area contributed by atoms with Gasteiger partial charge < -0.3 is 15.2 Å². The van der Waals surface area contributed by atoms with Gasteiger partial charge in [0.2, 0.25) is 5.91 Å². The minimum absolute atomic E-state index is 0.240. The van der Waals surface area contributed by atoms with Crippen molar-refractivity contribution in [2.45, 2.75) is 43.7 Å². The monoisotopic (exact) mass is 466 g/mol. The van der Waals surface area contributed by atoms with Crippen LogP contribution in [0.3, 0.4) is 0 Å². The number of carbonyl (C=O) groups is 2. The summed E-state index contributed by atoms with van der Waals surface area (Å²) in [5.41, 5.74) is 8.80. The normalized spacial score (nSPS) is 20.0. The second-order valence-corrected chi connectivity index (χ2v) is 9.36. The molecule has 2 aromatic rings. The lowest BCUT2D eigenvalue weighted by molar-refractivity contribution is -0.153. The highest BCUT2D eigenvalue weighted by Gasteiger charge is 2.52. The average molecular weight is 467 g/mol. The maximum atomic E-state index is 13.6. The standard InChI is InChI=1S/C26H30N2O4S/c1-2-3-10-15-31-16-20-17-33-25-21(27)24(29)28(25)22(20)26(30)32-23(18-11-6-4-7-12-18)19-13-8-5-9-14-19/h4-9,11-14,21,23,25H,2-3,10,15-17,27H2,1H3/t21-,25-/m1/s1. The van der Waals surface area contributed by atoms with Crippen LogP contribution in [0.5, 0.6) is 0 Å². The Bertz CT molecular complexity index is 956. The zero-order valence-corrected chi connectivity index (χ0v) is 19.6. The smallest absolute Gasteiger partial charge is 0.356 e. The van der Waals surface area contributed by atoms with Crippen LogP contribution in [0, 0.1) is 0 Å². The van der Waals surface area contributed by atoms with Crippen molar-refractivity contribution in [3.8, 4) is 0 Å². The first-order chi connectivity index (χ1) is 16.1. The van der Waals surface area contributed by atoms with Gasteiger partial charge in [0.25, 0.3) is 0 Å². The summed E-state index contributed by atoms with van der Waals surface area (Å²) < 4.78 is 11.9. The number of fused-ring (bicyclic) bond motifs is 1. The summed E-state index contributed by atoms with van der Waals surface area (Å²) in [6.07, 6.45) is 2.59. The number of nitrogens with two attached hydrogens (primary N) is 1. The molecular weight excluding hydrogens is 436 g/mol. The molecule has 0 radical (unpaired) electrons. The number of unbranched alkanes of at least 4 members (excludes halogenated alkanes) is 2. The van der Waals surface area contributed by atoms with Crippen molar-refractivity contribution in [3.63, 3.8) is 0 Å². The molecule has 2 aromatic carbocycles. The van der Waals surface area contributed by atoms with Crippen molar-refractivity contribution in [1.29, 1.82) is 0 Å². The maximum absolute atomic E-state index is 13.6. The van der Waals surface area contributed by atoms with Crippen LogP contribution in [0.2, 0.25) is 0 Å². The van der Waals surface area contributed by atoms with Gasteiger partial charge in [0.05, 0.1) is 6.61 Å². The van der Waals surface area contributed by atoms with E-state index in [-0.39, 0.29) is 17.0 Å². The van der Waals surface area contributed by atoms with Gasteiger partial charge in [0, 0.05) is 12.4 Å². The quantitative estimate of drug-likeness (QED) is 0.324. The minimum Gasteiger partial charge on any atom is -0.448 e. The Morgan fingerprint density at radius 2 is 1.73 bits per heavy atom. The SMILES string of the molecule is CCCCCOCC1=C(C(=O)OC(c2ccccc2)c2ccccc2)N2C(=O)[C@@H](N)[C@H]2SC1. The number of hydrogen-bond acceptors (Lipinski definition) is 6. The highest BCUT2D eigenvalue weighted by molar-refractivity contribution is 8.00. The lowest BCUT2D eigenvalue weighted by Gasteiger charge is -2.48. The van der Waals surface area contributed by atoms with E-state index in [0.29, 0.717) is 19.0 Å². The number of rotatable bonds is 10. The van der Waals surface area contributed by atoms with E-state index in [1.54, 1.807) is 11.8 Å². The first-order valence-corrected chi connectivity index (χ1v) is 12.5. The number of thioether (sulfide) groups is 1. The largest absolute Gasteiger partial charge is 0.448 e. The Hall–Kier alpha value is -2.61. The minimum atomic E-state index is -0.594. The Kier molecular flexibility index (Phi) is 7.85. The summed E-state index contributed by atoms with van der Waals surface area (Å²) in [6, 6.07) is 18.6. The number of β-lactam (4-membered cyclic amide) rings is 1. The van der Waals surface area contributed by atoms with Gasteiger partial charge in [-0.2, -0.15) is 0 Å². The van der Waals surface area contributed by atoms with Gasteiger partial charge in [-0.15, -0.1) is 11.8 Å². The van der Waals surface area contributed by atoms with Gasteiger partial charge in [-0.25, -0.2) is 4.79 Å². The molecule has 2 aliphatic heterocycles. The number of ether oxygens (including phenoxy) is 2. The zero-order valence-electron chi connectivity index (χ0n) is 18.8. The third-order valence-electron chi connectivity index (χ3n) is 5.88. The van der Waals surface area contributed by atoms with Crippen LogP contribution in [0.4, 0.5) is 0 Å². The van der Waals surface area contributed by atoms with E-state index in [1.807, 2.05) is 60.7 Å². The summed E-state index contributed by atoms with van der Waals surface area (Å²) >= 11 is 1.57. The van der Waals surface area contributed by atoms with Crippen LogP contribution < -0.4 is 5.73 Å². The van der Waals surface area contributed by atoms with Gasteiger partial charge in [-0.3, -0.25) is 9.69 Å². The molecule has 174 valence electrons. The fraction of sp³-hybridized carbons (Fsp3) is 0.385. The predicted octanol–water partition coefficient (Wildman–Crippen LogP) is 4.02. The molecule has 1 fully saturated rings. The van der Waals surface area contributed by atoms with E-state index in [4.69, 9.17) is 15.2 Å². The molecule has 2 atom stereocenters. The molecule has 2 N–H and O–H groups in total. The Balaban J connectivity index is 1.60. The lowest BCUT2D eigenvalue weighted by Crippen LogP contribution is -2.68. The fourth-order valence-electron chi connectivity index (χ4n) is 4.08. The van der Waals surface area contributed by atoms with E-state index in [1.165, 1.54) is 4.90 Å². The third kappa shape index (κ3) is 5.16. The van der Waals surface area contributed by atoms with Crippen LogP contribution in [0.25, 0.3) is 0 Å². The van der Waals surface area contributed by atoms with Crippen molar-refractivity contribution in [3.05, 3.63) is 83.1 Å². The van der Waals surface area contributed by atoms with Gasteiger partial charge in [-0.05, 0) is 23.1 Å². The molecule has 4 rings (SSSR count). The summed E-state index contributed by atoms with van der Waals surface area (Å²) in [5, 5.41) is -0.240. The van der Waals surface area contributed by atoms with Crippen molar-refractivity contribution in [2.24, 2.45) is 5.73 Å². The summed E-state index contributed by atoms with van der Waals surface area (Å²) in [6.45, 7) is 3.06. The second kappa shape index (κ2) is 11.0. The van der Waals surface area contributed by atoms with Crippen molar-refractivity contribution < 1.29 is 19.1 Å². The Morgan fingerprint density at radius 3 is 2.33 bits per heavy atom. The number of hydrogen-bond donors (Lipinski definition) is 1. The highest BCUT2D eigenvalue weighted by Crippen LogP contribution is 2.40. The van der Waals surface area contributed by atoms with Crippen LogP contribution in [0.1, 0.15) is 43.4 Å². The number of nitrogens with zero attached hydrogens (tertiary/aromatic N) is 1. The van der Waals surface area contributed by atoms with Crippen molar-refractivity contribution in [1.82, 2.24) is 4.90 Å². The van der Waals surface area contributed by atoms with Crippen molar-refractivity contribution in [2.75, 3.05) is 19.0 Å². The molecule has 33 heavy (non-hydrogen) atoms. The number of amides is 1. The molecule has 0 spiro atoms. The Morgan fingerprint density at radius 1 is 1.09 bits per heavy atom. The second-order valence-electron chi connectivity index (χ2n) is 8.25. The molecule has 6 nitrogen and oxygen atoms in total. The molecule has 2 aliphatic rings. The van der Waals surface area contributed by atoms with Gasteiger partial charge in [0.15, 0.2) is 6.10 Å². The molecule has 0 aliphatic carbocycles. The predicted molar refractivity (Wildman–Crippen MR) is 129 cm³/mol. The zero-order chi connectivity index (χ0) is 23.2.